The third-order valence-electron chi connectivity index (χ3n) is 6.16. The molecule has 1 unspecified atom stereocenters. The van der Waals surface area contributed by atoms with Gasteiger partial charge >= 0.3 is 5.97 Å². The van der Waals surface area contributed by atoms with Gasteiger partial charge in [-0.25, -0.2) is 0 Å². The maximum Gasteiger partial charge on any atom is 0.324 e. The average molecular weight is 295 g/mol. The molecule has 1 heterocycles. The van der Waals surface area contributed by atoms with Gasteiger partial charge in [0, 0.05) is 6.54 Å². The molecule has 1 saturated carbocycles. The number of hydrogen-bond acceptors (Lipinski definition) is 2. The van der Waals surface area contributed by atoms with E-state index in [0.717, 1.165) is 38.3 Å². The molecule has 1 N–H and O–H groups in total. The summed E-state index contributed by atoms with van der Waals surface area (Å²) in [4.78, 5) is 14.0. The van der Waals surface area contributed by atoms with Gasteiger partial charge in [-0.15, -0.1) is 0 Å². The first-order valence-electron chi connectivity index (χ1n) is 8.78. The van der Waals surface area contributed by atoms with Crippen LogP contribution in [-0.2, 0) is 4.79 Å². The lowest BCUT2D eigenvalue weighted by Gasteiger charge is -2.40. The second-order valence-electron chi connectivity index (χ2n) is 8.32. The van der Waals surface area contributed by atoms with E-state index in [-0.39, 0.29) is 0 Å². The van der Waals surface area contributed by atoms with Crippen molar-refractivity contribution in [1.82, 2.24) is 4.90 Å². The summed E-state index contributed by atoms with van der Waals surface area (Å²) in [5, 5.41) is 9.67. The first-order valence-corrected chi connectivity index (χ1v) is 8.78. The van der Waals surface area contributed by atoms with Gasteiger partial charge in [-0.1, -0.05) is 27.7 Å². The molecule has 2 aliphatic rings. The molecule has 0 radical (unpaired) electrons. The van der Waals surface area contributed by atoms with Crippen LogP contribution in [0, 0.1) is 17.3 Å². The second kappa shape index (κ2) is 6.28. The summed E-state index contributed by atoms with van der Waals surface area (Å²) in [6.45, 7) is 11.1. The zero-order chi connectivity index (χ0) is 15.7. The molecule has 0 aromatic rings. The highest BCUT2D eigenvalue weighted by Crippen LogP contribution is 2.41. The van der Waals surface area contributed by atoms with Gasteiger partial charge in [0.1, 0.15) is 5.54 Å². The summed E-state index contributed by atoms with van der Waals surface area (Å²) in [6.07, 6.45) is 7.78. The number of likely N-dealkylation sites (tertiary alicyclic amines) is 1. The van der Waals surface area contributed by atoms with Crippen LogP contribution in [0.4, 0.5) is 0 Å². The van der Waals surface area contributed by atoms with Gasteiger partial charge < -0.3 is 5.11 Å². The van der Waals surface area contributed by atoms with E-state index in [1.165, 1.54) is 25.7 Å². The largest absolute Gasteiger partial charge is 0.480 e. The molecule has 0 amide bonds. The Bertz CT molecular complexity index is 366. The molecule has 1 aliphatic heterocycles. The minimum atomic E-state index is -0.606. The van der Waals surface area contributed by atoms with Crippen LogP contribution < -0.4 is 0 Å². The SMILES string of the molecule is CCC1(C(=O)O)CCCN1CC1CCC(C(C)(C)C)CC1. The molecular weight excluding hydrogens is 262 g/mol. The molecule has 1 aliphatic carbocycles. The van der Waals surface area contributed by atoms with Crippen molar-refractivity contribution >= 4 is 5.97 Å². The Balaban J connectivity index is 1.93. The van der Waals surface area contributed by atoms with Crippen molar-refractivity contribution in [2.75, 3.05) is 13.1 Å². The zero-order valence-electron chi connectivity index (χ0n) is 14.3. The number of hydrogen-bond donors (Lipinski definition) is 1. The fourth-order valence-corrected chi connectivity index (χ4v) is 4.52. The minimum Gasteiger partial charge on any atom is -0.480 e. The highest BCUT2D eigenvalue weighted by Gasteiger charge is 2.46. The normalized spacial score (nSPS) is 35.0. The van der Waals surface area contributed by atoms with Gasteiger partial charge in [0.15, 0.2) is 0 Å². The quantitative estimate of drug-likeness (QED) is 0.846. The molecule has 3 nitrogen and oxygen atoms in total. The topological polar surface area (TPSA) is 40.5 Å². The van der Waals surface area contributed by atoms with E-state index >= 15 is 0 Å². The van der Waals surface area contributed by atoms with Crippen molar-refractivity contribution < 1.29 is 9.90 Å². The molecule has 0 aromatic heterocycles. The summed E-state index contributed by atoms with van der Waals surface area (Å²) in [7, 11) is 0. The molecule has 0 aromatic carbocycles. The van der Waals surface area contributed by atoms with E-state index in [4.69, 9.17) is 0 Å². The molecule has 1 atom stereocenters. The Morgan fingerprint density at radius 2 is 1.86 bits per heavy atom. The van der Waals surface area contributed by atoms with Crippen LogP contribution >= 0.6 is 0 Å². The lowest BCUT2D eigenvalue weighted by molar-refractivity contribution is -0.150. The minimum absolute atomic E-state index is 0.423. The summed E-state index contributed by atoms with van der Waals surface area (Å²) in [6, 6.07) is 0. The maximum atomic E-state index is 11.7. The molecule has 122 valence electrons. The van der Waals surface area contributed by atoms with Gasteiger partial charge in [-0.3, -0.25) is 9.69 Å². The van der Waals surface area contributed by atoms with Crippen molar-refractivity contribution in [3.8, 4) is 0 Å². The van der Waals surface area contributed by atoms with Crippen LogP contribution in [0.1, 0.15) is 72.6 Å². The highest BCUT2D eigenvalue weighted by atomic mass is 16.4. The molecule has 2 fully saturated rings. The van der Waals surface area contributed by atoms with E-state index in [0.29, 0.717) is 11.3 Å². The lowest BCUT2D eigenvalue weighted by Crippen LogP contribution is -2.51. The van der Waals surface area contributed by atoms with Crippen LogP contribution in [0.3, 0.4) is 0 Å². The highest BCUT2D eigenvalue weighted by molar-refractivity contribution is 5.79. The monoisotopic (exact) mass is 295 g/mol. The Labute approximate surface area is 130 Å². The first-order chi connectivity index (χ1) is 9.79. The van der Waals surface area contributed by atoms with Crippen molar-refractivity contribution in [1.29, 1.82) is 0 Å². The lowest BCUT2D eigenvalue weighted by atomic mass is 9.69. The van der Waals surface area contributed by atoms with Crippen molar-refractivity contribution in [3.05, 3.63) is 0 Å². The van der Waals surface area contributed by atoms with E-state index in [1.54, 1.807) is 0 Å². The van der Waals surface area contributed by atoms with Gasteiger partial charge in [-0.2, -0.15) is 0 Å². The first kappa shape index (κ1) is 16.8. The predicted molar refractivity (Wildman–Crippen MR) is 86.4 cm³/mol. The molecule has 0 spiro atoms. The smallest absolute Gasteiger partial charge is 0.324 e. The molecule has 0 bridgehead atoms. The van der Waals surface area contributed by atoms with Crippen molar-refractivity contribution in [2.45, 2.75) is 78.2 Å². The van der Waals surface area contributed by atoms with E-state index in [9.17, 15) is 9.90 Å². The maximum absolute atomic E-state index is 11.7. The summed E-state index contributed by atoms with van der Waals surface area (Å²) >= 11 is 0. The summed E-state index contributed by atoms with van der Waals surface area (Å²) < 4.78 is 0. The number of carbonyl (C=O) groups is 1. The van der Waals surface area contributed by atoms with Crippen LogP contribution in [0.15, 0.2) is 0 Å². The Hall–Kier alpha value is -0.570. The Kier molecular flexibility index (Phi) is 5.02. The molecule has 2 rings (SSSR count). The van der Waals surface area contributed by atoms with E-state index in [1.807, 2.05) is 6.92 Å². The third kappa shape index (κ3) is 3.44. The van der Waals surface area contributed by atoms with Crippen LogP contribution in [0.5, 0.6) is 0 Å². The second-order valence-corrected chi connectivity index (χ2v) is 8.32. The Morgan fingerprint density at radius 3 is 2.33 bits per heavy atom. The summed E-state index contributed by atoms with van der Waals surface area (Å²) in [5.74, 6) is 0.931. The van der Waals surface area contributed by atoms with Crippen LogP contribution in [0.25, 0.3) is 0 Å². The van der Waals surface area contributed by atoms with Gasteiger partial charge in [-0.05, 0) is 68.7 Å². The summed E-state index contributed by atoms with van der Waals surface area (Å²) in [5.41, 5.74) is -0.145. The van der Waals surface area contributed by atoms with E-state index < -0.39 is 11.5 Å². The van der Waals surface area contributed by atoms with Gasteiger partial charge in [0.05, 0.1) is 0 Å². The van der Waals surface area contributed by atoms with Crippen molar-refractivity contribution in [2.24, 2.45) is 17.3 Å². The number of aliphatic carboxylic acids is 1. The third-order valence-corrected chi connectivity index (χ3v) is 6.16. The number of rotatable bonds is 4. The molecule has 3 heteroatoms. The fourth-order valence-electron chi connectivity index (χ4n) is 4.52. The Morgan fingerprint density at radius 1 is 1.24 bits per heavy atom. The van der Waals surface area contributed by atoms with Gasteiger partial charge in [0.2, 0.25) is 0 Å². The zero-order valence-corrected chi connectivity index (χ0v) is 14.3. The predicted octanol–water partition coefficient (Wildman–Crippen LogP) is 4.17. The fraction of sp³-hybridized carbons (Fsp3) is 0.944. The van der Waals surface area contributed by atoms with Crippen LogP contribution in [-0.4, -0.2) is 34.6 Å². The van der Waals surface area contributed by atoms with E-state index in [2.05, 4.69) is 25.7 Å². The molecule has 21 heavy (non-hydrogen) atoms. The standard InChI is InChI=1S/C18H33NO2/c1-5-18(16(20)21)11-6-12-19(18)13-14-7-9-15(10-8-14)17(2,3)4/h14-15H,5-13H2,1-4H3,(H,20,21). The molecular formula is C18H33NO2. The van der Waals surface area contributed by atoms with Crippen molar-refractivity contribution in [3.63, 3.8) is 0 Å². The average Bonchev–Trinajstić information content (AvgIpc) is 2.82. The number of nitrogens with zero attached hydrogens (tertiary/aromatic N) is 1. The number of carboxylic acid groups (broad SMARTS) is 1. The van der Waals surface area contributed by atoms with Gasteiger partial charge in [0.25, 0.3) is 0 Å². The van der Waals surface area contributed by atoms with Crippen LogP contribution in [0.2, 0.25) is 0 Å². The number of carboxylic acids is 1. The molecule has 1 saturated heterocycles.